The molecule has 0 aliphatic rings. The molecule has 0 fully saturated rings. The summed E-state index contributed by atoms with van der Waals surface area (Å²) in [4.78, 5) is 0. The Morgan fingerprint density at radius 2 is 1.07 bits per heavy atom. The van der Waals surface area contributed by atoms with Gasteiger partial charge in [0.05, 0.1) is 6.61 Å². The first-order valence-corrected chi connectivity index (χ1v) is 20.3. The van der Waals surface area contributed by atoms with E-state index < -0.39 is 19.7 Å². The smallest absolute Gasteiger partial charge is 0.201 e. The summed E-state index contributed by atoms with van der Waals surface area (Å²) in [7, 11) is -0.889. The number of rotatable bonds is 20. The third-order valence-corrected chi connectivity index (χ3v) is 10.0. The van der Waals surface area contributed by atoms with Crippen LogP contribution in [0.15, 0.2) is 60.7 Å². The first-order chi connectivity index (χ1) is 20.3. The van der Waals surface area contributed by atoms with Crippen molar-refractivity contribution in [3.8, 4) is 28.0 Å². The Morgan fingerprint density at radius 3 is 1.69 bits per heavy atom. The highest BCUT2D eigenvalue weighted by molar-refractivity contribution is 6.76. The van der Waals surface area contributed by atoms with E-state index in [2.05, 4.69) is 50.8 Å². The van der Waals surface area contributed by atoms with Gasteiger partial charge in [-0.25, -0.2) is 4.39 Å². The summed E-state index contributed by atoms with van der Waals surface area (Å²) in [6.07, 6.45) is 17.2. The molecule has 42 heavy (non-hydrogen) atoms. The lowest BCUT2D eigenvalue weighted by atomic mass is 9.98. The van der Waals surface area contributed by atoms with Gasteiger partial charge in [0.1, 0.15) is 0 Å². The zero-order valence-corrected chi connectivity index (χ0v) is 27.8. The average molecular weight is 593 g/mol. The van der Waals surface area contributed by atoms with Crippen LogP contribution in [-0.4, -0.2) is 14.7 Å². The van der Waals surface area contributed by atoms with Crippen LogP contribution >= 0.6 is 0 Å². The molecule has 230 valence electrons. The second-order valence-electron chi connectivity index (χ2n) is 13.2. The standard InChI is InChI=1S/C38H54F2OSi/c1-5-6-7-12-15-18-31-19-21-32(22-20-31)33-23-25-34(26-24-33)35-27-28-36(38(40)37(35)39)41-29-16-13-10-8-9-11-14-17-30-42(2,3)4/h19-28H,5-18,29-30H2,1-4H3. The predicted octanol–water partition coefficient (Wildman–Crippen LogP) is 12.6. The minimum absolute atomic E-state index is 0.000669. The van der Waals surface area contributed by atoms with Gasteiger partial charge in [-0.1, -0.05) is 152 Å². The molecule has 0 aromatic heterocycles. The largest absolute Gasteiger partial charge is 0.490 e. The van der Waals surface area contributed by atoms with Crippen LogP contribution in [0.25, 0.3) is 22.3 Å². The lowest BCUT2D eigenvalue weighted by Crippen LogP contribution is -2.18. The van der Waals surface area contributed by atoms with Gasteiger partial charge in [0.15, 0.2) is 11.6 Å². The number of ether oxygens (including phenoxy) is 1. The summed E-state index contributed by atoms with van der Waals surface area (Å²) < 4.78 is 35.5. The van der Waals surface area contributed by atoms with E-state index in [1.807, 2.05) is 24.3 Å². The van der Waals surface area contributed by atoms with Gasteiger partial charge < -0.3 is 4.74 Å². The highest BCUT2D eigenvalue weighted by Gasteiger charge is 2.16. The van der Waals surface area contributed by atoms with E-state index in [0.29, 0.717) is 12.2 Å². The van der Waals surface area contributed by atoms with Crippen molar-refractivity contribution >= 4 is 8.07 Å². The Kier molecular flexibility index (Phi) is 14.8. The topological polar surface area (TPSA) is 9.23 Å². The molecule has 4 heteroatoms. The highest BCUT2D eigenvalue weighted by Crippen LogP contribution is 2.32. The van der Waals surface area contributed by atoms with Gasteiger partial charge >= 0.3 is 0 Å². The molecule has 0 atom stereocenters. The van der Waals surface area contributed by atoms with Crippen molar-refractivity contribution in [2.45, 2.75) is 123 Å². The van der Waals surface area contributed by atoms with Crippen molar-refractivity contribution in [2.75, 3.05) is 6.61 Å². The Labute approximate surface area is 256 Å². The van der Waals surface area contributed by atoms with E-state index >= 15 is 4.39 Å². The molecular formula is C38H54F2OSi. The summed E-state index contributed by atoms with van der Waals surface area (Å²) in [5.74, 6) is -1.75. The van der Waals surface area contributed by atoms with E-state index in [4.69, 9.17) is 4.74 Å². The van der Waals surface area contributed by atoms with Crippen molar-refractivity contribution in [1.82, 2.24) is 0 Å². The van der Waals surface area contributed by atoms with Crippen molar-refractivity contribution in [3.63, 3.8) is 0 Å². The van der Waals surface area contributed by atoms with Gasteiger partial charge in [-0.3, -0.25) is 0 Å². The SMILES string of the molecule is CCCCCCCc1ccc(-c2ccc(-c3ccc(OCCCCCCCCCC[Si](C)(C)C)c(F)c3F)cc2)cc1. The van der Waals surface area contributed by atoms with E-state index in [1.165, 1.54) is 82.2 Å². The fraction of sp³-hybridized carbons (Fsp3) is 0.526. The third kappa shape index (κ3) is 12.0. The van der Waals surface area contributed by atoms with Crippen LogP contribution in [-0.2, 0) is 6.42 Å². The molecule has 0 spiro atoms. The molecule has 0 unspecified atom stereocenters. The van der Waals surface area contributed by atoms with Crippen LogP contribution in [0.2, 0.25) is 25.7 Å². The number of unbranched alkanes of at least 4 members (excludes halogenated alkanes) is 11. The van der Waals surface area contributed by atoms with Gasteiger partial charge in [0, 0.05) is 13.6 Å². The van der Waals surface area contributed by atoms with Gasteiger partial charge in [0.2, 0.25) is 5.82 Å². The first-order valence-electron chi connectivity index (χ1n) is 16.6. The van der Waals surface area contributed by atoms with Crippen molar-refractivity contribution in [2.24, 2.45) is 0 Å². The Bertz CT molecular complexity index is 1170. The molecular weight excluding hydrogens is 538 g/mol. The highest BCUT2D eigenvalue weighted by atomic mass is 28.3. The molecule has 3 aromatic carbocycles. The second-order valence-corrected chi connectivity index (χ2v) is 18.8. The summed E-state index contributed by atoms with van der Waals surface area (Å²) in [5, 5.41) is 0. The number of hydrogen-bond acceptors (Lipinski definition) is 1. The van der Waals surface area contributed by atoms with E-state index in [9.17, 15) is 4.39 Å². The van der Waals surface area contributed by atoms with Gasteiger partial charge in [-0.2, -0.15) is 4.39 Å². The van der Waals surface area contributed by atoms with Crippen LogP contribution in [0.3, 0.4) is 0 Å². The van der Waals surface area contributed by atoms with Crippen molar-refractivity contribution < 1.29 is 13.5 Å². The molecule has 3 rings (SSSR count). The van der Waals surface area contributed by atoms with Gasteiger partial charge in [0.25, 0.3) is 0 Å². The van der Waals surface area contributed by atoms with Crippen LogP contribution in [0, 0.1) is 11.6 Å². The molecule has 0 heterocycles. The molecule has 1 nitrogen and oxygen atoms in total. The molecule has 0 aliphatic heterocycles. The Balaban J connectivity index is 1.41. The number of halogens is 2. The zero-order chi connectivity index (χ0) is 30.2. The molecule has 0 amide bonds. The molecule has 0 saturated carbocycles. The normalized spacial score (nSPS) is 11.7. The zero-order valence-electron chi connectivity index (χ0n) is 26.8. The monoisotopic (exact) mass is 592 g/mol. The number of benzene rings is 3. The minimum atomic E-state index is -0.903. The summed E-state index contributed by atoms with van der Waals surface area (Å²) in [6.45, 7) is 9.99. The fourth-order valence-corrected chi connectivity index (χ4v) is 6.82. The molecule has 0 saturated heterocycles. The molecule has 0 radical (unpaired) electrons. The first kappa shape index (κ1) is 34.0. The average Bonchev–Trinajstić information content (AvgIpc) is 2.98. The minimum Gasteiger partial charge on any atom is -0.490 e. The lowest BCUT2D eigenvalue weighted by Gasteiger charge is -2.14. The van der Waals surface area contributed by atoms with Gasteiger partial charge in [-0.05, 0) is 53.6 Å². The van der Waals surface area contributed by atoms with E-state index in [1.54, 1.807) is 12.1 Å². The van der Waals surface area contributed by atoms with Crippen LogP contribution in [0.5, 0.6) is 5.75 Å². The number of aryl methyl sites for hydroxylation is 1. The van der Waals surface area contributed by atoms with Crippen molar-refractivity contribution in [3.05, 3.63) is 77.9 Å². The van der Waals surface area contributed by atoms with Crippen LogP contribution in [0.4, 0.5) is 8.78 Å². The van der Waals surface area contributed by atoms with Crippen molar-refractivity contribution in [1.29, 1.82) is 0 Å². The summed E-state index contributed by atoms with van der Waals surface area (Å²) >= 11 is 0. The second kappa shape index (κ2) is 18.3. The maximum absolute atomic E-state index is 15.0. The van der Waals surface area contributed by atoms with E-state index in [0.717, 1.165) is 30.4 Å². The predicted molar refractivity (Wildman–Crippen MR) is 180 cm³/mol. The molecule has 0 bridgehead atoms. The molecule has 0 aliphatic carbocycles. The number of hydrogen-bond donors (Lipinski definition) is 0. The Hall–Kier alpha value is -2.46. The quantitative estimate of drug-likeness (QED) is 0.0936. The van der Waals surface area contributed by atoms with E-state index in [-0.39, 0.29) is 11.3 Å². The fourth-order valence-electron chi connectivity index (χ4n) is 5.51. The third-order valence-electron chi connectivity index (χ3n) is 8.18. The Morgan fingerprint density at radius 1 is 0.548 bits per heavy atom. The van der Waals surface area contributed by atoms with Crippen LogP contribution in [0.1, 0.15) is 96.0 Å². The van der Waals surface area contributed by atoms with Gasteiger partial charge in [-0.15, -0.1) is 0 Å². The lowest BCUT2D eigenvalue weighted by molar-refractivity contribution is 0.285. The maximum atomic E-state index is 15.0. The molecule has 3 aromatic rings. The van der Waals surface area contributed by atoms with Crippen LogP contribution < -0.4 is 4.74 Å². The maximum Gasteiger partial charge on any atom is 0.201 e. The molecule has 0 N–H and O–H groups in total. The summed E-state index contributed by atoms with van der Waals surface area (Å²) in [6, 6.07) is 21.0. The summed E-state index contributed by atoms with van der Waals surface area (Å²) in [5.41, 5.74) is 4.48.